The summed E-state index contributed by atoms with van der Waals surface area (Å²) >= 11 is 0. The smallest absolute Gasteiger partial charge is 0.343 e. The van der Waals surface area contributed by atoms with Gasteiger partial charge in [0.15, 0.2) is 5.60 Å². The summed E-state index contributed by atoms with van der Waals surface area (Å²) in [5, 5.41) is 12.3. The summed E-state index contributed by atoms with van der Waals surface area (Å²) in [5.74, 6) is -0.692. The van der Waals surface area contributed by atoms with Crippen LogP contribution in [0.2, 0.25) is 0 Å². The summed E-state index contributed by atoms with van der Waals surface area (Å²) in [6.45, 7) is 2.09. The van der Waals surface area contributed by atoms with Gasteiger partial charge < -0.3 is 14.4 Å². The lowest BCUT2D eigenvalue weighted by Gasteiger charge is -2.31. The Morgan fingerprint density at radius 3 is 2.83 bits per heavy atom. The third-order valence-electron chi connectivity index (χ3n) is 7.04. The fraction of sp³-hybridized carbons (Fsp3) is 0.375. The Labute approximate surface area is 173 Å². The average molecular weight is 402 g/mol. The Bertz CT molecular complexity index is 1320. The lowest BCUT2D eigenvalue weighted by Crippen LogP contribution is -2.44. The first-order valence-corrected chi connectivity index (χ1v) is 10.6. The Morgan fingerprint density at radius 2 is 2.00 bits per heavy atom. The van der Waals surface area contributed by atoms with Gasteiger partial charge in [0, 0.05) is 16.5 Å². The normalized spacial score (nSPS) is 21.6. The molecular weight excluding hydrogens is 380 g/mol. The van der Waals surface area contributed by atoms with Crippen molar-refractivity contribution in [2.24, 2.45) is 0 Å². The number of rotatable bonds is 1. The number of aromatic nitrogens is 2. The van der Waals surface area contributed by atoms with Crippen LogP contribution in [0.5, 0.6) is 0 Å². The van der Waals surface area contributed by atoms with E-state index in [9.17, 15) is 14.7 Å². The molecule has 0 bridgehead atoms. The summed E-state index contributed by atoms with van der Waals surface area (Å²) in [5.41, 5.74) is 4.90. The fourth-order valence-electron chi connectivity index (χ4n) is 5.40. The summed E-state index contributed by atoms with van der Waals surface area (Å²) in [7, 11) is 0. The van der Waals surface area contributed by atoms with E-state index in [0.717, 1.165) is 42.5 Å². The highest BCUT2D eigenvalue weighted by Crippen LogP contribution is 2.41. The van der Waals surface area contributed by atoms with Gasteiger partial charge in [-0.15, -0.1) is 0 Å². The second-order valence-electron chi connectivity index (χ2n) is 8.54. The summed E-state index contributed by atoms with van der Waals surface area (Å²) in [4.78, 5) is 30.7. The Hall–Kier alpha value is -2.99. The summed E-state index contributed by atoms with van der Waals surface area (Å²) in [6.07, 6.45) is 4.43. The molecule has 0 saturated heterocycles. The molecule has 0 saturated carbocycles. The van der Waals surface area contributed by atoms with Gasteiger partial charge in [-0.25, -0.2) is 9.78 Å². The van der Waals surface area contributed by atoms with E-state index >= 15 is 0 Å². The minimum atomic E-state index is -1.79. The standard InChI is InChI=1S/C24H22N2O4/c1-2-24(29)17-10-19-21-15(11-26(19)22(27)16(17)12-30-23(24)28)14-8-4-3-6-13-7-5-9-18(25-21)20(13)14/h5,7,9-10,29H,2-4,6,8,11-12H2,1H3/t24-/m0/s1. The molecule has 2 aromatic heterocycles. The third kappa shape index (κ3) is 2.14. The highest BCUT2D eigenvalue weighted by molar-refractivity contribution is 5.91. The maximum Gasteiger partial charge on any atom is 0.343 e. The Balaban J connectivity index is 1.67. The summed E-state index contributed by atoms with van der Waals surface area (Å²) in [6, 6.07) is 8.06. The van der Waals surface area contributed by atoms with E-state index in [1.165, 1.54) is 16.5 Å². The molecule has 0 unspecified atom stereocenters. The quantitative estimate of drug-likeness (QED) is 0.495. The van der Waals surface area contributed by atoms with Crippen LogP contribution in [0.25, 0.3) is 22.3 Å². The van der Waals surface area contributed by atoms with Crippen LogP contribution in [0.15, 0.2) is 29.1 Å². The van der Waals surface area contributed by atoms with Gasteiger partial charge in [-0.2, -0.15) is 0 Å². The van der Waals surface area contributed by atoms with Crippen molar-refractivity contribution in [3.05, 3.63) is 62.4 Å². The van der Waals surface area contributed by atoms with Gasteiger partial charge in [-0.1, -0.05) is 19.1 Å². The van der Waals surface area contributed by atoms with E-state index < -0.39 is 11.6 Å². The van der Waals surface area contributed by atoms with Crippen LogP contribution >= 0.6 is 0 Å². The minimum Gasteiger partial charge on any atom is -0.458 e. The largest absolute Gasteiger partial charge is 0.458 e. The van der Waals surface area contributed by atoms with Crippen molar-refractivity contribution >= 4 is 16.9 Å². The lowest BCUT2D eigenvalue weighted by molar-refractivity contribution is -0.172. The van der Waals surface area contributed by atoms with Crippen LogP contribution < -0.4 is 5.56 Å². The second kappa shape index (κ2) is 6.01. The van der Waals surface area contributed by atoms with Crippen molar-refractivity contribution in [3.8, 4) is 11.4 Å². The topological polar surface area (TPSA) is 81.4 Å². The fourth-order valence-corrected chi connectivity index (χ4v) is 5.40. The maximum absolute atomic E-state index is 13.4. The zero-order valence-corrected chi connectivity index (χ0v) is 16.8. The van der Waals surface area contributed by atoms with Gasteiger partial charge in [-0.3, -0.25) is 4.79 Å². The number of cyclic esters (lactones) is 1. The SMILES string of the molecule is CC[C@@]1(O)C(=O)OCc2c1cc1n(c2=O)Cc2c-1nc1cccc3c1c2CCCC3. The number of esters is 1. The van der Waals surface area contributed by atoms with Gasteiger partial charge >= 0.3 is 5.97 Å². The number of hydrogen-bond donors (Lipinski definition) is 1. The Kier molecular flexibility index (Phi) is 3.58. The second-order valence-corrected chi connectivity index (χ2v) is 8.54. The predicted molar refractivity (Wildman–Crippen MR) is 111 cm³/mol. The molecule has 30 heavy (non-hydrogen) atoms. The number of hydrogen-bond acceptors (Lipinski definition) is 5. The number of aliphatic hydroxyl groups is 1. The van der Waals surface area contributed by atoms with Crippen molar-refractivity contribution in [2.75, 3.05) is 0 Å². The number of benzene rings is 1. The molecule has 3 aliphatic rings. The first-order chi connectivity index (χ1) is 14.5. The van der Waals surface area contributed by atoms with Crippen molar-refractivity contribution in [2.45, 2.75) is 57.8 Å². The number of ether oxygens (including phenoxy) is 1. The number of nitrogens with zero attached hydrogens (tertiary/aromatic N) is 2. The molecular formula is C24H22N2O4. The van der Waals surface area contributed by atoms with Crippen LogP contribution in [-0.4, -0.2) is 20.6 Å². The molecule has 1 N–H and O–H groups in total. The first-order valence-electron chi connectivity index (χ1n) is 10.6. The highest BCUT2D eigenvalue weighted by atomic mass is 16.6. The molecule has 1 aliphatic carbocycles. The Morgan fingerprint density at radius 1 is 1.17 bits per heavy atom. The van der Waals surface area contributed by atoms with Crippen LogP contribution in [0.4, 0.5) is 0 Å². The molecule has 3 aromatic rings. The number of carbonyl (C=O) groups excluding carboxylic acids is 1. The van der Waals surface area contributed by atoms with Crippen LogP contribution in [-0.2, 0) is 41.1 Å². The molecule has 6 heteroatoms. The molecule has 4 heterocycles. The number of fused-ring (bicyclic) bond motifs is 5. The summed E-state index contributed by atoms with van der Waals surface area (Å²) < 4.78 is 6.89. The molecule has 6 rings (SSSR count). The van der Waals surface area contributed by atoms with E-state index in [2.05, 4.69) is 6.07 Å². The molecule has 2 aliphatic heterocycles. The van der Waals surface area contributed by atoms with Gasteiger partial charge in [0.25, 0.3) is 5.56 Å². The molecule has 1 aromatic carbocycles. The van der Waals surface area contributed by atoms with Crippen molar-refractivity contribution < 1.29 is 14.6 Å². The van der Waals surface area contributed by atoms with Gasteiger partial charge in [-0.05, 0) is 55.4 Å². The minimum absolute atomic E-state index is 0.0989. The van der Waals surface area contributed by atoms with E-state index in [-0.39, 0.29) is 18.6 Å². The number of aryl methyl sites for hydroxylation is 2. The molecule has 0 spiro atoms. The number of pyridine rings is 2. The maximum atomic E-state index is 13.4. The zero-order valence-electron chi connectivity index (χ0n) is 16.8. The van der Waals surface area contributed by atoms with E-state index in [1.54, 1.807) is 17.6 Å². The molecule has 0 radical (unpaired) electrons. The van der Waals surface area contributed by atoms with Crippen LogP contribution in [0.3, 0.4) is 0 Å². The monoisotopic (exact) mass is 402 g/mol. The molecule has 0 fully saturated rings. The first kappa shape index (κ1) is 17.8. The predicted octanol–water partition coefficient (Wildman–Crippen LogP) is 2.96. The molecule has 0 amide bonds. The van der Waals surface area contributed by atoms with Gasteiger partial charge in [0.1, 0.15) is 6.61 Å². The van der Waals surface area contributed by atoms with E-state index in [1.807, 2.05) is 12.1 Å². The van der Waals surface area contributed by atoms with E-state index in [0.29, 0.717) is 23.4 Å². The van der Waals surface area contributed by atoms with Gasteiger partial charge in [0.2, 0.25) is 0 Å². The average Bonchev–Trinajstić information content (AvgIpc) is 2.97. The van der Waals surface area contributed by atoms with E-state index in [4.69, 9.17) is 9.72 Å². The van der Waals surface area contributed by atoms with Crippen molar-refractivity contribution in [3.63, 3.8) is 0 Å². The molecule has 1 atom stereocenters. The van der Waals surface area contributed by atoms with Crippen LogP contribution in [0, 0.1) is 0 Å². The third-order valence-corrected chi connectivity index (χ3v) is 7.04. The van der Waals surface area contributed by atoms with Crippen molar-refractivity contribution in [1.82, 2.24) is 9.55 Å². The molecule has 6 nitrogen and oxygen atoms in total. The van der Waals surface area contributed by atoms with Gasteiger partial charge in [0.05, 0.1) is 29.0 Å². The zero-order chi connectivity index (χ0) is 20.6. The van der Waals surface area contributed by atoms with Crippen LogP contribution in [0.1, 0.15) is 54.0 Å². The molecule has 152 valence electrons. The van der Waals surface area contributed by atoms with Crippen molar-refractivity contribution in [1.29, 1.82) is 0 Å². The highest BCUT2D eigenvalue weighted by Gasteiger charge is 2.45. The lowest BCUT2D eigenvalue weighted by atomic mass is 9.86. The number of carbonyl (C=O) groups is 1.